The monoisotopic (exact) mass is 1100 g/mol. The van der Waals surface area contributed by atoms with Gasteiger partial charge in [-0.3, -0.25) is 4.79 Å². The fraction of sp³-hybridized carbons (Fsp3) is 0.368. The first kappa shape index (κ1) is 59.0. The molecule has 2 aliphatic rings. The van der Waals surface area contributed by atoms with E-state index in [0.717, 1.165) is 38.9 Å². The predicted octanol–water partition coefficient (Wildman–Crippen LogP) is 12.0. The zero-order chi connectivity index (χ0) is 56.1. The van der Waals surface area contributed by atoms with Crippen LogP contribution in [0.5, 0.6) is 5.75 Å². The SMILES string of the molecule is COc1ccc(CO[C@H](C[C@@H]2O[C@H](COCc3ccccc3)[C@@H](OCc3ccccc3)[C@H](OCc3ccccc3)[C@H]2OCc2ccccc2)[C@@H](OC(C)=O)[C@@H](OCc2ccccc2)[C@H](OCc2ccccc2)[C@@H]2COC(C)(C)O2)cc1. The zero-order valence-corrected chi connectivity index (χ0v) is 46.8. The van der Waals surface area contributed by atoms with Gasteiger partial charge in [0.05, 0.1) is 72.7 Å². The summed E-state index contributed by atoms with van der Waals surface area (Å²) in [7, 11) is 1.63. The minimum atomic E-state index is -1.15. The van der Waals surface area contributed by atoms with Crippen molar-refractivity contribution in [1.82, 2.24) is 0 Å². The first-order chi connectivity index (χ1) is 39.7. The number of rotatable bonds is 30. The molecule has 9 rings (SSSR count). The molecule has 0 aromatic heterocycles. The van der Waals surface area contributed by atoms with Gasteiger partial charge in [-0.25, -0.2) is 0 Å². The molecule has 0 bridgehead atoms. The second-order valence-corrected chi connectivity index (χ2v) is 20.9. The molecule has 2 saturated heterocycles. The van der Waals surface area contributed by atoms with Crippen molar-refractivity contribution in [2.75, 3.05) is 20.3 Å². The fourth-order valence-corrected chi connectivity index (χ4v) is 10.3. The van der Waals surface area contributed by atoms with Crippen LogP contribution >= 0.6 is 0 Å². The van der Waals surface area contributed by atoms with Crippen molar-refractivity contribution in [3.05, 3.63) is 245 Å². The second-order valence-electron chi connectivity index (χ2n) is 20.9. The summed E-state index contributed by atoms with van der Waals surface area (Å²) >= 11 is 0. The van der Waals surface area contributed by atoms with E-state index in [4.69, 9.17) is 56.8 Å². The van der Waals surface area contributed by atoms with E-state index in [0.29, 0.717) is 12.4 Å². The Kier molecular flexibility index (Phi) is 22.2. The average Bonchev–Trinajstić information content (AvgIpc) is 4.05. The van der Waals surface area contributed by atoms with Crippen molar-refractivity contribution in [3.8, 4) is 5.75 Å². The van der Waals surface area contributed by atoms with Gasteiger partial charge in [0.2, 0.25) is 0 Å². The Morgan fingerprint density at radius 3 is 1.37 bits per heavy atom. The van der Waals surface area contributed by atoms with Crippen LogP contribution in [-0.4, -0.2) is 93.1 Å². The molecule has 0 N–H and O–H groups in total. The van der Waals surface area contributed by atoms with Crippen LogP contribution in [0.1, 0.15) is 66.1 Å². The highest BCUT2D eigenvalue weighted by Gasteiger charge is 2.52. The Balaban J connectivity index is 1.16. The molecule has 0 amide bonds. The maximum Gasteiger partial charge on any atom is 0.303 e. The number of carbonyl (C=O) groups excluding carboxylic acids is 1. The summed E-state index contributed by atoms with van der Waals surface area (Å²) in [6, 6.07) is 67.6. The molecule has 0 radical (unpaired) electrons. The summed E-state index contributed by atoms with van der Waals surface area (Å²) in [4.78, 5) is 14.0. The topological polar surface area (TPSA) is 128 Å². The van der Waals surface area contributed by atoms with Gasteiger partial charge in [0, 0.05) is 13.3 Å². The smallest absolute Gasteiger partial charge is 0.303 e. The maximum atomic E-state index is 14.0. The first-order valence-corrected chi connectivity index (χ1v) is 27.9. The number of methoxy groups -OCH3 is 1. The Hall–Kier alpha value is -6.59. The van der Waals surface area contributed by atoms with E-state index in [1.807, 2.05) is 220 Å². The number of ether oxygens (including phenoxy) is 12. The number of benzene rings is 7. The molecule has 10 atom stereocenters. The fourth-order valence-electron chi connectivity index (χ4n) is 10.3. The molecule has 13 nitrogen and oxygen atoms in total. The summed E-state index contributed by atoms with van der Waals surface area (Å²) in [5.41, 5.74) is 6.59. The minimum Gasteiger partial charge on any atom is -0.497 e. The molecule has 0 saturated carbocycles. The molecule has 2 heterocycles. The zero-order valence-electron chi connectivity index (χ0n) is 46.8. The molecule has 0 aliphatic carbocycles. The Labute approximate surface area is 477 Å². The van der Waals surface area contributed by atoms with Gasteiger partial charge in [0.15, 0.2) is 11.9 Å². The highest BCUT2D eigenvalue weighted by Crippen LogP contribution is 2.37. The van der Waals surface area contributed by atoms with Crippen molar-refractivity contribution in [1.29, 1.82) is 0 Å². The summed E-state index contributed by atoms with van der Waals surface area (Å²) in [5, 5.41) is 0. The van der Waals surface area contributed by atoms with E-state index in [-0.39, 0.29) is 59.3 Å². The van der Waals surface area contributed by atoms with Crippen LogP contribution in [0.3, 0.4) is 0 Å². The summed E-state index contributed by atoms with van der Waals surface area (Å²) in [5.74, 6) is -0.804. The van der Waals surface area contributed by atoms with Crippen molar-refractivity contribution < 1.29 is 61.6 Å². The highest BCUT2D eigenvalue weighted by molar-refractivity contribution is 5.66. The lowest BCUT2D eigenvalue weighted by Gasteiger charge is -2.48. The van der Waals surface area contributed by atoms with Crippen LogP contribution in [0.2, 0.25) is 0 Å². The largest absolute Gasteiger partial charge is 0.497 e. The van der Waals surface area contributed by atoms with E-state index < -0.39 is 72.8 Å². The van der Waals surface area contributed by atoms with Crippen molar-refractivity contribution in [2.24, 2.45) is 0 Å². The summed E-state index contributed by atoms with van der Waals surface area (Å²) in [6.45, 7) is 6.94. The molecule has 7 aromatic carbocycles. The van der Waals surface area contributed by atoms with Gasteiger partial charge in [-0.05, 0) is 64.9 Å². The second kappa shape index (κ2) is 30.5. The molecule has 13 heteroatoms. The summed E-state index contributed by atoms with van der Waals surface area (Å²) in [6.07, 6.45) is -8.33. The van der Waals surface area contributed by atoms with Crippen LogP contribution in [0.25, 0.3) is 0 Å². The van der Waals surface area contributed by atoms with Gasteiger partial charge < -0.3 is 56.8 Å². The van der Waals surface area contributed by atoms with Crippen LogP contribution in [-0.2, 0) is 103 Å². The third-order valence-electron chi connectivity index (χ3n) is 14.4. The Bertz CT molecular complexity index is 2860. The number of carbonyl (C=O) groups is 1. The van der Waals surface area contributed by atoms with Gasteiger partial charge in [0.25, 0.3) is 0 Å². The quantitative estimate of drug-likeness (QED) is 0.0397. The van der Waals surface area contributed by atoms with E-state index in [9.17, 15) is 4.79 Å². The van der Waals surface area contributed by atoms with E-state index >= 15 is 0 Å². The lowest BCUT2D eigenvalue weighted by Crippen LogP contribution is -2.62. The lowest BCUT2D eigenvalue weighted by molar-refractivity contribution is -0.281. The third-order valence-corrected chi connectivity index (χ3v) is 14.4. The van der Waals surface area contributed by atoms with Crippen LogP contribution in [0, 0.1) is 0 Å². The normalized spacial score (nSPS) is 21.1. The van der Waals surface area contributed by atoms with Crippen LogP contribution in [0.4, 0.5) is 0 Å². The van der Waals surface area contributed by atoms with Gasteiger partial charge in [-0.1, -0.05) is 194 Å². The van der Waals surface area contributed by atoms with Gasteiger partial charge >= 0.3 is 5.97 Å². The van der Waals surface area contributed by atoms with Crippen LogP contribution in [0.15, 0.2) is 206 Å². The standard InChI is InChI=1S/C68H76O13/c1-49(69)79-65(67(77-46-55-33-21-10-22-34-55)64(61-48-78-68(2,3)81-61)75-44-53-29-17-8-18-30-53)58(72-41-56-35-37-57(70-4)38-36-56)39-59-62(73-42-51-25-13-6-14-26-51)66(76-45-54-31-19-9-20-32-54)63(74-43-52-27-15-7-16-28-52)60(80-59)47-71-40-50-23-11-5-12-24-50/h5-38,58-67H,39-48H2,1-4H3/t58-,59+,60-,61+,62+,63-,64-,65-,66-,67+/m1/s1. The molecule has 0 spiro atoms. The highest BCUT2D eigenvalue weighted by atomic mass is 16.8. The lowest BCUT2D eigenvalue weighted by atomic mass is 9.88. The van der Waals surface area contributed by atoms with Gasteiger partial charge in [-0.2, -0.15) is 0 Å². The molecule has 7 aromatic rings. The average molecular weight is 1100 g/mol. The molecule has 426 valence electrons. The number of hydrogen-bond acceptors (Lipinski definition) is 13. The number of esters is 1. The Morgan fingerprint density at radius 1 is 0.494 bits per heavy atom. The molecular formula is C68H76O13. The Morgan fingerprint density at radius 2 is 0.914 bits per heavy atom. The van der Waals surface area contributed by atoms with Crippen LogP contribution < -0.4 is 4.74 Å². The predicted molar refractivity (Wildman–Crippen MR) is 307 cm³/mol. The molecule has 2 fully saturated rings. The van der Waals surface area contributed by atoms with Crippen molar-refractivity contribution in [2.45, 2.75) is 140 Å². The molecule has 2 aliphatic heterocycles. The minimum absolute atomic E-state index is 0.101. The molecule has 81 heavy (non-hydrogen) atoms. The van der Waals surface area contributed by atoms with Gasteiger partial charge in [-0.15, -0.1) is 0 Å². The summed E-state index contributed by atoms with van der Waals surface area (Å²) < 4.78 is 82.1. The third kappa shape index (κ3) is 18.0. The van der Waals surface area contributed by atoms with Crippen molar-refractivity contribution >= 4 is 5.97 Å². The van der Waals surface area contributed by atoms with E-state index in [1.165, 1.54) is 6.92 Å². The van der Waals surface area contributed by atoms with E-state index in [2.05, 4.69) is 0 Å². The molecular weight excluding hydrogens is 1020 g/mol. The number of hydrogen-bond donors (Lipinski definition) is 0. The maximum absolute atomic E-state index is 14.0. The van der Waals surface area contributed by atoms with E-state index in [1.54, 1.807) is 7.11 Å². The van der Waals surface area contributed by atoms with Crippen molar-refractivity contribution in [3.63, 3.8) is 0 Å². The van der Waals surface area contributed by atoms with Gasteiger partial charge in [0.1, 0.15) is 54.6 Å². The first-order valence-electron chi connectivity index (χ1n) is 27.9. The molecule has 0 unspecified atom stereocenters.